The van der Waals surface area contributed by atoms with Crippen LogP contribution < -0.4 is 0 Å². The van der Waals surface area contributed by atoms with Gasteiger partial charge in [0.2, 0.25) is 0 Å². The summed E-state index contributed by atoms with van der Waals surface area (Å²) in [7, 11) is 0. The molecule has 3 fully saturated rings. The van der Waals surface area contributed by atoms with Crippen LogP contribution >= 0.6 is 0 Å². The Morgan fingerprint density at radius 2 is 1.65 bits per heavy atom. The van der Waals surface area contributed by atoms with Gasteiger partial charge in [0.15, 0.2) is 0 Å². The normalized spacial score (nSPS) is 24.8. The van der Waals surface area contributed by atoms with Crippen molar-refractivity contribution in [2.45, 2.75) is 95.1 Å². The van der Waals surface area contributed by atoms with E-state index in [0.717, 1.165) is 50.1 Å². The molecule has 0 aromatic heterocycles. The van der Waals surface area contributed by atoms with E-state index >= 15 is 0 Å². The lowest BCUT2D eigenvalue weighted by molar-refractivity contribution is -0.140. The number of rotatable bonds is 11. The van der Waals surface area contributed by atoms with Crippen LogP contribution in [0.1, 0.15) is 93.2 Å². The first-order valence-electron chi connectivity index (χ1n) is 15.8. The Morgan fingerprint density at radius 3 is 2.33 bits per heavy atom. The molecule has 2 aromatic carbocycles. The molecule has 5 rings (SSSR count). The standard InChI is InChI=1S/C35H47N3O2/c36-24-29-16-14-27(15-17-29)8-7-9-28-18-20-37(21-19-28)25-31-22-33(23-34(31)30-10-3-1-4-11-30)38(26-35(39)40)32-12-5-2-6-13-32/h1,3-4,10-11,14-17,28,31-34H,2,5-9,12-13,18-23,25-26H2,(H,39,40). The van der Waals surface area contributed by atoms with Crippen molar-refractivity contribution in [3.63, 3.8) is 0 Å². The quantitative estimate of drug-likeness (QED) is 0.336. The van der Waals surface area contributed by atoms with E-state index in [2.05, 4.69) is 58.3 Å². The average molecular weight is 542 g/mol. The zero-order valence-electron chi connectivity index (χ0n) is 24.1. The molecule has 1 N–H and O–H groups in total. The summed E-state index contributed by atoms with van der Waals surface area (Å²) in [6, 6.07) is 22.1. The molecule has 2 aliphatic carbocycles. The molecule has 214 valence electrons. The first kappa shape index (κ1) is 28.8. The van der Waals surface area contributed by atoms with Crippen molar-refractivity contribution in [1.82, 2.24) is 9.80 Å². The molecule has 0 amide bonds. The Bertz CT molecular complexity index is 1100. The van der Waals surface area contributed by atoms with Gasteiger partial charge in [0, 0.05) is 18.6 Å². The zero-order chi connectivity index (χ0) is 27.7. The first-order chi connectivity index (χ1) is 19.6. The molecule has 1 saturated heterocycles. The molecule has 0 radical (unpaired) electrons. The molecule has 1 heterocycles. The molecule has 40 heavy (non-hydrogen) atoms. The Hall–Kier alpha value is -2.68. The van der Waals surface area contributed by atoms with Gasteiger partial charge in [-0.3, -0.25) is 9.69 Å². The third-order valence-electron chi connectivity index (χ3n) is 10.1. The second-order valence-corrected chi connectivity index (χ2v) is 12.7. The van der Waals surface area contributed by atoms with Gasteiger partial charge in [-0.05, 0) is 105 Å². The lowest BCUT2D eigenvalue weighted by Gasteiger charge is -2.38. The zero-order valence-corrected chi connectivity index (χ0v) is 24.1. The van der Waals surface area contributed by atoms with Gasteiger partial charge in [-0.25, -0.2) is 0 Å². The van der Waals surface area contributed by atoms with E-state index in [1.807, 2.05) is 12.1 Å². The van der Waals surface area contributed by atoms with E-state index in [9.17, 15) is 9.90 Å². The molecule has 3 unspecified atom stereocenters. The molecule has 2 saturated carbocycles. The summed E-state index contributed by atoms with van der Waals surface area (Å²) < 4.78 is 0. The number of hydrogen-bond acceptors (Lipinski definition) is 4. The van der Waals surface area contributed by atoms with E-state index in [-0.39, 0.29) is 6.54 Å². The second kappa shape index (κ2) is 14.3. The summed E-state index contributed by atoms with van der Waals surface area (Å²) in [6.07, 6.45) is 14.5. The van der Waals surface area contributed by atoms with E-state index in [1.54, 1.807) is 0 Å². The first-order valence-corrected chi connectivity index (χ1v) is 15.8. The molecular formula is C35H47N3O2. The molecule has 3 atom stereocenters. The fourth-order valence-corrected chi connectivity index (χ4v) is 7.93. The van der Waals surface area contributed by atoms with Crippen LogP contribution in [-0.4, -0.2) is 59.1 Å². The molecule has 0 spiro atoms. The number of likely N-dealkylation sites (tertiary alicyclic amines) is 1. The van der Waals surface area contributed by atoms with Gasteiger partial charge < -0.3 is 10.0 Å². The lowest BCUT2D eigenvalue weighted by atomic mass is 9.87. The van der Waals surface area contributed by atoms with Crippen molar-refractivity contribution in [2.75, 3.05) is 26.2 Å². The van der Waals surface area contributed by atoms with Gasteiger partial charge in [0.1, 0.15) is 0 Å². The number of nitriles is 1. The van der Waals surface area contributed by atoms with E-state index in [1.165, 1.54) is 69.2 Å². The SMILES string of the molecule is N#Cc1ccc(CCCC2CCN(CC3CC(N(CC(=O)O)C4CCCCC4)CC3c3ccccc3)CC2)cc1. The van der Waals surface area contributed by atoms with Gasteiger partial charge in [0.25, 0.3) is 0 Å². The monoisotopic (exact) mass is 541 g/mol. The van der Waals surface area contributed by atoms with Crippen molar-refractivity contribution in [3.05, 3.63) is 71.3 Å². The number of carboxylic acids is 1. The van der Waals surface area contributed by atoms with Crippen LogP contribution in [-0.2, 0) is 11.2 Å². The predicted molar refractivity (Wildman–Crippen MR) is 160 cm³/mol. The smallest absolute Gasteiger partial charge is 0.317 e. The van der Waals surface area contributed by atoms with Crippen LogP contribution in [0.3, 0.4) is 0 Å². The van der Waals surface area contributed by atoms with Crippen molar-refractivity contribution in [3.8, 4) is 6.07 Å². The fraction of sp³-hybridized carbons (Fsp3) is 0.600. The summed E-state index contributed by atoms with van der Waals surface area (Å²) in [5.41, 5.74) is 3.51. The van der Waals surface area contributed by atoms with Crippen LogP contribution in [0.5, 0.6) is 0 Å². The summed E-state index contributed by atoms with van der Waals surface area (Å²) in [5, 5.41) is 18.8. The van der Waals surface area contributed by atoms with Crippen LogP contribution in [0.4, 0.5) is 0 Å². The molecule has 0 bridgehead atoms. The van der Waals surface area contributed by atoms with Crippen LogP contribution in [0, 0.1) is 23.2 Å². The van der Waals surface area contributed by atoms with E-state index < -0.39 is 5.97 Å². The number of hydrogen-bond donors (Lipinski definition) is 1. The molecule has 1 aliphatic heterocycles. The Morgan fingerprint density at radius 1 is 0.925 bits per heavy atom. The van der Waals surface area contributed by atoms with Crippen molar-refractivity contribution >= 4 is 5.97 Å². The Balaban J connectivity index is 1.16. The van der Waals surface area contributed by atoms with E-state index in [4.69, 9.17) is 5.26 Å². The van der Waals surface area contributed by atoms with Crippen molar-refractivity contribution < 1.29 is 9.90 Å². The minimum atomic E-state index is -0.675. The second-order valence-electron chi connectivity index (χ2n) is 12.7. The Kier molecular flexibility index (Phi) is 10.3. The van der Waals surface area contributed by atoms with Gasteiger partial charge >= 0.3 is 5.97 Å². The summed E-state index contributed by atoms with van der Waals surface area (Å²) in [5.74, 6) is 1.23. The number of carbonyl (C=O) groups is 1. The maximum Gasteiger partial charge on any atom is 0.317 e. The topological polar surface area (TPSA) is 67.6 Å². The van der Waals surface area contributed by atoms with Gasteiger partial charge in [0.05, 0.1) is 18.2 Å². The largest absolute Gasteiger partial charge is 0.480 e. The van der Waals surface area contributed by atoms with E-state index in [0.29, 0.717) is 23.9 Å². The third-order valence-corrected chi connectivity index (χ3v) is 10.1. The van der Waals surface area contributed by atoms with Crippen LogP contribution in [0.2, 0.25) is 0 Å². The fourth-order valence-electron chi connectivity index (χ4n) is 7.93. The highest BCUT2D eigenvalue weighted by Crippen LogP contribution is 2.44. The number of piperidine rings is 1. The lowest BCUT2D eigenvalue weighted by Crippen LogP contribution is -2.46. The number of aliphatic carboxylic acids is 1. The molecule has 3 aliphatic rings. The van der Waals surface area contributed by atoms with Gasteiger partial charge in [-0.1, -0.05) is 68.1 Å². The number of benzene rings is 2. The predicted octanol–water partition coefficient (Wildman–Crippen LogP) is 6.87. The summed E-state index contributed by atoms with van der Waals surface area (Å²) in [6.45, 7) is 3.70. The summed E-state index contributed by atoms with van der Waals surface area (Å²) in [4.78, 5) is 17.0. The molecule has 5 heteroatoms. The minimum absolute atomic E-state index is 0.192. The maximum absolute atomic E-state index is 11.9. The minimum Gasteiger partial charge on any atom is -0.480 e. The Labute approximate surface area is 241 Å². The van der Waals surface area contributed by atoms with Gasteiger partial charge in [-0.15, -0.1) is 0 Å². The third kappa shape index (κ3) is 7.74. The molecule has 5 nitrogen and oxygen atoms in total. The summed E-state index contributed by atoms with van der Waals surface area (Å²) >= 11 is 0. The highest BCUT2D eigenvalue weighted by atomic mass is 16.4. The highest BCUT2D eigenvalue weighted by Gasteiger charge is 2.41. The van der Waals surface area contributed by atoms with Crippen LogP contribution in [0.25, 0.3) is 0 Å². The number of carboxylic acid groups (broad SMARTS) is 1. The van der Waals surface area contributed by atoms with Crippen molar-refractivity contribution in [1.29, 1.82) is 5.26 Å². The molecular weight excluding hydrogens is 494 g/mol. The van der Waals surface area contributed by atoms with Gasteiger partial charge in [-0.2, -0.15) is 5.26 Å². The number of nitrogens with zero attached hydrogens (tertiary/aromatic N) is 3. The number of aryl methyl sites for hydroxylation is 1. The highest BCUT2D eigenvalue weighted by molar-refractivity contribution is 5.69. The van der Waals surface area contributed by atoms with Crippen molar-refractivity contribution in [2.24, 2.45) is 11.8 Å². The van der Waals surface area contributed by atoms with Crippen LogP contribution in [0.15, 0.2) is 54.6 Å². The average Bonchev–Trinajstić information content (AvgIpc) is 3.41. The maximum atomic E-state index is 11.9. The molecule has 2 aromatic rings.